The summed E-state index contributed by atoms with van der Waals surface area (Å²) in [6.07, 6.45) is 2.82. The summed E-state index contributed by atoms with van der Waals surface area (Å²) < 4.78 is 40.7. The molecule has 0 spiro atoms. The second-order valence-electron chi connectivity index (χ2n) is 7.84. The van der Waals surface area contributed by atoms with Gasteiger partial charge in [0.15, 0.2) is 5.13 Å². The minimum Gasteiger partial charge on any atom is -0.300 e. The summed E-state index contributed by atoms with van der Waals surface area (Å²) >= 11 is 1.30. The maximum atomic E-state index is 13.4. The Morgan fingerprint density at radius 3 is 2.79 bits per heavy atom. The van der Waals surface area contributed by atoms with Crippen LogP contribution in [-0.2, 0) is 21.2 Å². The molecule has 2 heterocycles. The molecule has 2 atom stereocenters. The molecule has 2 N–H and O–H groups in total. The third-order valence-electron chi connectivity index (χ3n) is 5.43. The zero-order valence-electron chi connectivity index (χ0n) is 18.1. The number of amidine groups is 1. The molecule has 0 fully saturated rings. The number of nitrogens with one attached hydrogen (secondary N) is 2. The molecular formula is C23H23FN4O3S2. The number of rotatable bonds is 7. The Labute approximate surface area is 195 Å². The monoisotopic (exact) mass is 486 g/mol. The van der Waals surface area contributed by atoms with E-state index in [1.807, 2.05) is 19.9 Å². The Morgan fingerprint density at radius 1 is 1.24 bits per heavy atom. The zero-order valence-corrected chi connectivity index (χ0v) is 19.7. The molecule has 4 rings (SSSR count). The second-order valence-corrected chi connectivity index (χ2v) is 10.6. The average molecular weight is 487 g/mol. The predicted molar refractivity (Wildman–Crippen MR) is 126 cm³/mol. The molecule has 0 unspecified atom stereocenters. The first-order chi connectivity index (χ1) is 15.8. The van der Waals surface area contributed by atoms with Crippen molar-refractivity contribution < 1.29 is 17.6 Å². The number of carbonyl (C=O) groups is 1. The van der Waals surface area contributed by atoms with Crippen LogP contribution in [0.4, 0.5) is 9.52 Å². The van der Waals surface area contributed by atoms with E-state index in [0.717, 1.165) is 10.4 Å². The van der Waals surface area contributed by atoms with Gasteiger partial charge in [-0.3, -0.25) is 14.5 Å². The molecule has 1 amide bonds. The fraction of sp³-hybridized carbons (Fsp3) is 0.261. The highest BCUT2D eigenvalue weighted by Gasteiger charge is 2.33. The highest BCUT2D eigenvalue weighted by atomic mass is 32.2. The SMILES string of the molecule is CC[C@H](C)[C@H](N=C1NS(=O)(=O)c2ccccc21)C(=O)Nc1ncc(Cc2cccc(F)c2)s1. The first-order valence-corrected chi connectivity index (χ1v) is 12.8. The van der Waals surface area contributed by atoms with Crippen molar-refractivity contribution in [1.82, 2.24) is 9.71 Å². The lowest BCUT2D eigenvalue weighted by molar-refractivity contribution is -0.118. The van der Waals surface area contributed by atoms with Gasteiger partial charge in [-0.2, -0.15) is 0 Å². The third kappa shape index (κ3) is 5.12. The summed E-state index contributed by atoms with van der Waals surface area (Å²) in [5.74, 6) is -0.643. The zero-order chi connectivity index (χ0) is 23.6. The maximum Gasteiger partial charge on any atom is 0.263 e. The van der Waals surface area contributed by atoms with Gasteiger partial charge in [0.2, 0.25) is 0 Å². The second kappa shape index (κ2) is 9.40. The predicted octanol–water partition coefficient (Wildman–Crippen LogP) is 3.96. The van der Waals surface area contributed by atoms with Crippen LogP contribution < -0.4 is 10.0 Å². The van der Waals surface area contributed by atoms with Crippen molar-refractivity contribution in [2.24, 2.45) is 10.9 Å². The Morgan fingerprint density at radius 2 is 2.03 bits per heavy atom. The molecule has 0 bridgehead atoms. The van der Waals surface area contributed by atoms with Gasteiger partial charge in [0.1, 0.15) is 17.7 Å². The molecule has 0 aliphatic carbocycles. The highest BCUT2D eigenvalue weighted by Crippen LogP contribution is 2.26. The summed E-state index contributed by atoms with van der Waals surface area (Å²) in [5, 5.41) is 3.21. The summed E-state index contributed by atoms with van der Waals surface area (Å²) in [6.45, 7) is 3.83. The van der Waals surface area contributed by atoms with Gasteiger partial charge in [0.25, 0.3) is 15.9 Å². The number of halogens is 1. The number of thiazole rings is 1. The number of anilines is 1. The van der Waals surface area contributed by atoms with Gasteiger partial charge < -0.3 is 5.32 Å². The van der Waals surface area contributed by atoms with Crippen molar-refractivity contribution >= 4 is 38.2 Å². The Bertz CT molecular complexity index is 1320. The van der Waals surface area contributed by atoms with Crippen molar-refractivity contribution in [2.75, 3.05) is 5.32 Å². The topological polar surface area (TPSA) is 101 Å². The van der Waals surface area contributed by atoms with Crippen LogP contribution in [0.1, 0.15) is 36.3 Å². The Hall–Kier alpha value is -3.11. The highest BCUT2D eigenvalue weighted by molar-refractivity contribution is 7.90. The molecule has 1 aromatic heterocycles. The van der Waals surface area contributed by atoms with Crippen LogP contribution in [0.25, 0.3) is 0 Å². The maximum absolute atomic E-state index is 13.4. The first-order valence-electron chi connectivity index (χ1n) is 10.5. The van der Waals surface area contributed by atoms with Crippen LogP contribution in [0.2, 0.25) is 0 Å². The number of hydrogen-bond donors (Lipinski definition) is 2. The number of sulfonamides is 1. The fourth-order valence-electron chi connectivity index (χ4n) is 3.51. The van der Waals surface area contributed by atoms with Gasteiger partial charge >= 0.3 is 0 Å². The van der Waals surface area contributed by atoms with Crippen molar-refractivity contribution in [2.45, 2.75) is 37.6 Å². The van der Waals surface area contributed by atoms with Gasteiger partial charge in [0, 0.05) is 23.1 Å². The van der Waals surface area contributed by atoms with E-state index in [4.69, 9.17) is 0 Å². The van der Waals surface area contributed by atoms with Crippen molar-refractivity contribution in [3.63, 3.8) is 0 Å². The first kappa shape index (κ1) is 23.1. The van der Waals surface area contributed by atoms with E-state index in [1.54, 1.807) is 30.5 Å². The summed E-state index contributed by atoms with van der Waals surface area (Å²) in [4.78, 5) is 22.9. The van der Waals surface area contributed by atoms with Crippen LogP contribution in [0, 0.1) is 11.7 Å². The molecule has 0 saturated heterocycles. The van der Waals surface area contributed by atoms with E-state index < -0.39 is 16.1 Å². The number of carbonyl (C=O) groups excluding carboxylic acids is 1. The van der Waals surface area contributed by atoms with E-state index in [-0.39, 0.29) is 28.4 Å². The van der Waals surface area contributed by atoms with Gasteiger partial charge in [-0.15, -0.1) is 11.3 Å². The Balaban J connectivity index is 1.54. The normalized spacial score (nSPS) is 17.2. The third-order valence-corrected chi connectivity index (χ3v) is 7.74. The van der Waals surface area contributed by atoms with E-state index in [9.17, 15) is 17.6 Å². The molecule has 7 nitrogen and oxygen atoms in total. The van der Waals surface area contributed by atoms with Gasteiger partial charge in [-0.25, -0.2) is 17.8 Å². The number of nitrogens with zero attached hydrogens (tertiary/aromatic N) is 2. The van der Waals surface area contributed by atoms with Gasteiger partial charge in [0.05, 0.1) is 4.90 Å². The quantitative estimate of drug-likeness (QED) is 0.528. The molecule has 0 radical (unpaired) electrons. The van der Waals surface area contributed by atoms with Crippen molar-refractivity contribution in [3.8, 4) is 0 Å². The van der Waals surface area contributed by atoms with Crippen LogP contribution in [0.5, 0.6) is 0 Å². The average Bonchev–Trinajstić information content (AvgIpc) is 3.32. The van der Waals surface area contributed by atoms with Crippen molar-refractivity contribution in [3.05, 3.63) is 76.5 Å². The minimum absolute atomic E-state index is 0.138. The number of benzene rings is 2. The van der Waals surface area contributed by atoms with Crippen LogP contribution in [-0.4, -0.2) is 31.2 Å². The summed E-state index contributed by atoms with van der Waals surface area (Å²) in [6, 6.07) is 12.1. The largest absolute Gasteiger partial charge is 0.300 e. The van der Waals surface area contributed by atoms with E-state index in [0.29, 0.717) is 23.5 Å². The van der Waals surface area contributed by atoms with Gasteiger partial charge in [-0.05, 0) is 35.7 Å². The lowest BCUT2D eigenvalue weighted by Gasteiger charge is -2.18. The lowest BCUT2D eigenvalue weighted by Crippen LogP contribution is -2.34. The smallest absolute Gasteiger partial charge is 0.263 e. The number of aromatic nitrogens is 1. The fourth-order valence-corrected chi connectivity index (χ4v) is 5.60. The number of aliphatic imine (C=N–C) groups is 1. The summed E-state index contributed by atoms with van der Waals surface area (Å²) in [5.41, 5.74) is 1.26. The molecule has 33 heavy (non-hydrogen) atoms. The van der Waals surface area contributed by atoms with Crippen LogP contribution in [0.15, 0.2) is 64.6 Å². The van der Waals surface area contributed by atoms with E-state index >= 15 is 0 Å². The number of amides is 1. The number of hydrogen-bond acceptors (Lipinski definition) is 6. The molecule has 1 aliphatic heterocycles. The lowest BCUT2D eigenvalue weighted by atomic mass is 9.99. The molecule has 10 heteroatoms. The molecule has 0 saturated carbocycles. The number of fused-ring (bicyclic) bond motifs is 1. The molecular weight excluding hydrogens is 463 g/mol. The van der Waals surface area contributed by atoms with Crippen LogP contribution >= 0.6 is 11.3 Å². The molecule has 2 aromatic carbocycles. The minimum atomic E-state index is -3.70. The van der Waals surface area contributed by atoms with Crippen molar-refractivity contribution in [1.29, 1.82) is 0 Å². The molecule has 1 aliphatic rings. The summed E-state index contributed by atoms with van der Waals surface area (Å²) in [7, 11) is -3.70. The van der Waals surface area contributed by atoms with Crippen LogP contribution in [0.3, 0.4) is 0 Å². The molecule has 172 valence electrons. The van der Waals surface area contributed by atoms with E-state index in [1.165, 1.54) is 29.5 Å². The molecule has 3 aromatic rings. The Kier molecular flexibility index (Phi) is 6.57. The standard InChI is InChI=1S/C23H23FN4O3S2/c1-3-14(2)20(26-21-18-9-4-5-10-19(18)33(30,31)28-21)22(29)27-23-25-13-17(32-23)12-15-7-6-8-16(24)11-15/h4-11,13-14,20H,3,12H2,1-2H3,(H,26,28)(H,25,27,29)/t14-,20-/m0/s1. The van der Waals surface area contributed by atoms with Gasteiger partial charge in [-0.1, -0.05) is 44.5 Å². The van der Waals surface area contributed by atoms with E-state index in [2.05, 4.69) is 20.0 Å².